The van der Waals surface area contributed by atoms with E-state index in [9.17, 15) is 4.79 Å². The minimum atomic E-state index is -0.180. The number of nitrogens with two attached hydrogens (primary N) is 1. The second-order valence-electron chi connectivity index (χ2n) is 3.27. The van der Waals surface area contributed by atoms with Crippen LogP contribution in [0, 0.1) is 0 Å². The Kier molecular flexibility index (Phi) is 3.37. The van der Waals surface area contributed by atoms with Crippen LogP contribution in [0.5, 0.6) is 0 Å². The van der Waals surface area contributed by atoms with E-state index < -0.39 is 0 Å². The maximum Gasteiger partial charge on any atom is 0.218 e. The first-order valence-electron chi connectivity index (χ1n) is 4.45. The van der Waals surface area contributed by atoms with E-state index in [0.717, 1.165) is 9.21 Å². The van der Waals surface area contributed by atoms with Crippen LogP contribution in [0.4, 0.5) is 5.69 Å². The first kappa shape index (κ1) is 11.7. The predicted octanol–water partition coefficient (Wildman–Crippen LogP) is 2.96. The largest absolute Gasteiger partial charge is 0.394 e. The maximum atomic E-state index is 11.4. The number of thiophene rings is 1. The van der Waals surface area contributed by atoms with E-state index in [1.807, 2.05) is 16.7 Å². The molecule has 0 atom stereocenters. The number of halogens is 2. The highest BCUT2D eigenvalue weighted by atomic mass is 79.9. The van der Waals surface area contributed by atoms with Crippen LogP contribution < -0.4 is 11.2 Å². The molecule has 0 bridgehead atoms. The minimum Gasteiger partial charge on any atom is -0.394 e. The Morgan fingerprint density at radius 1 is 1.44 bits per heavy atom. The zero-order valence-corrected chi connectivity index (χ0v) is 11.3. The van der Waals surface area contributed by atoms with Gasteiger partial charge >= 0.3 is 0 Å². The average molecular weight is 320 g/mol. The molecule has 3 nitrogen and oxygen atoms in total. The lowest BCUT2D eigenvalue weighted by Crippen LogP contribution is -2.13. The first-order chi connectivity index (χ1) is 7.56. The van der Waals surface area contributed by atoms with Crippen molar-refractivity contribution in [3.63, 3.8) is 0 Å². The molecule has 0 amide bonds. The van der Waals surface area contributed by atoms with Gasteiger partial charge < -0.3 is 10.3 Å². The fraction of sp³-hybridized carbons (Fsp3) is 0.100. The highest BCUT2D eigenvalue weighted by Gasteiger charge is 2.04. The normalized spacial score (nSPS) is 10.6. The van der Waals surface area contributed by atoms with E-state index >= 15 is 0 Å². The van der Waals surface area contributed by atoms with Gasteiger partial charge in [0, 0.05) is 17.3 Å². The molecule has 0 saturated heterocycles. The molecule has 0 spiro atoms. The molecule has 2 aromatic heterocycles. The number of anilines is 1. The molecule has 0 aliphatic carbocycles. The number of aromatic nitrogens is 1. The van der Waals surface area contributed by atoms with Gasteiger partial charge in [-0.05, 0) is 28.1 Å². The van der Waals surface area contributed by atoms with E-state index in [1.54, 1.807) is 12.4 Å². The van der Waals surface area contributed by atoms with Crippen molar-refractivity contribution in [1.29, 1.82) is 0 Å². The van der Waals surface area contributed by atoms with Gasteiger partial charge in [-0.15, -0.1) is 11.3 Å². The Labute approximate surface area is 110 Å². The molecule has 6 heteroatoms. The smallest absolute Gasteiger partial charge is 0.218 e. The van der Waals surface area contributed by atoms with E-state index in [-0.39, 0.29) is 11.1 Å². The van der Waals surface area contributed by atoms with Crippen LogP contribution in [0.25, 0.3) is 0 Å². The zero-order valence-electron chi connectivity index (χ0n) is 8.11. The number of pyridine rings is 1. The van der Waals surface area contributed by atoms with Crippen LogP contribution in [0.15, 0.2) is 33.8 Å². The fourth-order valence-corrected chi connectivity index (χ4v) is 2.91. The molecule has 2 N–H and O–H groups in total. The summed E-state index contributed by atoms with van der Waals surface area (Å²) in [6, 6.07) is 3.80. The third-order valence-corrected chi connectivity index (χ3v) is 3.81. The average Bonchev–Trinajstić information content (AvgIpc) is 2.60. The van der Waals surface area contributed by atoms with Gasteiger partial charge in [0.1, 0.15) is 0 Å². The van der Waals surface area contributed by atoms with Gasteiger partial charge in [-0.1, -0.05) is 11.6 Å². The van der Waals surface area contributed by atoms with Crippen LogP contribution >= 0.6 is 38.9 Å². The Bertz CT molecular complexity index is 552. The van der Waals surface area contributed by atoms with Crippen LogP contribution in [0.2, 0.25) is 4.34 Å². The van der Waals surface area contributed by atoms with Crippen LogP contribution in [0.1, 0.15) is 4.88 Å². The molecule has 0 aromatic carbocycles. The van der Waals surface area contributed by atoms with Crippen LogP contribution in [-0.4, -0.2) is 4.57 Å². The first-order valence-corrected chi connectivity index (χ1v) is 6.44. The predicted molar refractivity (Wildman–Crippen MR) is 71.2 cm³/mol. The molecule has 16 heavy (non-hydrogen) atoms. The lowest BCUT2D eigenvalue weighted by Gasteiger charge is -2.06. The molecular weight excluding hydrogens is 312 g/mol. The third kappa shape index (κ3) is 2.48. The molecule has 0 fully saturated rings. The number of hydrogen-bond donors (Lipinski definition) is 1. The van der Waals surface area contributed by atoms with Gasteiger partial charge in [-0.25, -0.2) is 0 Å². The lowest BCUT2D eigenvalue weighted by molar-refractivity contribution is 0.799. The number of rotatable bonds is 2. The standard InChI is InChI=1S/C10H8BrClN2OS/c11-7-4-14(5-8(13)10(7)15)3-6-1-2-9(12)16-6/h1-2,4-5H,3,13H2. The third-order valence-electron chi connectivity index (χ3n) is 2.03. The lowest BCUT2D eigenvalue weighted by atomic mass is 10.4. The monoisotopic (exact) mass is 318 g/mol. The van der Waals surface area contributed by atoms with E-state index in [2.05, 4.69) is 15.9 Å². The fourth-order valence-electron chi connectivity index (χ4n) is 1.32. The summed E-state index contributed by atoms with van der Waals surface area (Å²) in [6.07, 6.45) is 3.34. The van der Waals surface area contributed by atoms with Crippen molar-refractivity contribution >= 4 is 44.6 Å². The van der Waals surface area contributed by atoms with Gasteiger partial charge in [0.2, 0.25) is 5.43 Å². The molecule has 84 valence electrons. The summed E-state index contributed by atoms with van der Waals surface area (Å²) < 4.78 is 3.07. The van der Waals surface area contributed by atoms with Crippen molar-refractivity contribution in [1.82, 2.24) is 4.57 Å². The van der Waals surface area contributed by atoms with E-state index in [1.165, 1.54) is 11.3 Å². The SMILES string of the molecule is Nc1cn(Cc2ccc(Cl)s2)cc(Br)c1=O. The van der Waals surface area contributed by atoms with Crippen LogP contribution in [-0.2, 0) is 6.54 Å². The summed E-state index contributed by atoms with van der Waals surface area (Å²) in [5.74, 6) is 0. The summed E-state index contributed by atoms with van der Waals surface area (Å²) in [7, 11) is 0. The summed E-state index contributed by atoms with van der Waals surface area (Å²) in [5.41, 5.74) is 5.65. The van der Waals surface area contributed by atoms with Crippen molar-refractivity contribution in [2.45, 2.75) is 6.54 Å². The van der Waals surface area contributed by atoms with E-state index in [4.69, 9.17) is 17.3 Å². The Balaban J connectivity index is 2.32. The quantitative estimate of drug-likeness (QED) is 0.925. The molecule has 0 unspecified atom stereocenters. The minimum absolute atomic E-state index is 0.180. The maximum absolute atomic E-state index is 11.4. The molecule has 2 rings (SSSR count). The number of nitrogens with zero attached hydrogens (tertiary/aromatic N) is 1. The van der Waals surface area contributed by atoms with Crippen molar-refractivity contribution < 1.29 is 0 Å². The molecule has 0 saturated carbocycles. The van der Waals surface area contributed by atoms with Gasteiger partial charge in [0.05, 0.1) is 21.0 Å². The Hall–Kier alpha value is -0.780. The van der Waals surface area contributed by atoms with E-state index in [0.29, 0.717) is 11.0 Å². The number of hydrogen-bond acceptors (Lipinski definition) is 3. The van der Waals surface area contributed by atoms with Crippen molar-refractivity contribution in [3.05, 3.63) is 48.4 Å². The van der Waals surface area contributed by atoms with Gasteiger partial charge in [0.15, 0.2) is 0 Å². The highest BCUT2D eigenvalue weighted by molar-refractivity contribution is 9.10. The zero-order chi connectivity index (χ0) is 11.7. The molecular formula is C10H8BrClN2OS. The molecule has 0 radical (unpaired) electrons. The highest BCUT2D eigenvalue weighted by Crippen LogP contribution is 2.22. The summed E-state index contributed by atoms with van der Waals surface area (Å²) in [4.78, 5) is 12.5. The number of nitrogen functional groups attached to an aromatic ring is 1. The van der Waals surface area contributed by atoms with Gasteiger partial charge in [0.25, 0.3) is 0 Å². The summed E-state index contributed by atoms with van der Waals surface area (Å²) >= 11 is 10.5. The van der Waals surface area contributed by atoms with Crippen molar-refractivity contribution in [2.75, 3.05) is 5.73 Å². The van der Waals surface area contributed by atoms with Crippen LogP contribution in [0.3, 0.4) is 0 Å². The second kappa shape index (κ2) is 4.61. The molecule has 0 aliphatic heterocycles. The van der Waals surface area contributed by atoms with Gasteiger partial charge in [-0.3, -0.25) is 4.79 Å². The molecule has 2 heterocycles. The molecule has 0 aliphatic rings. The Morgan fingerprint density at radius 2 is 2.19 bits per heavy atom. The summed E-state index contributed by atoms with van der Waals surface area (Å²) in [5, 5.41) is 0. The topological polar surface area (TPSA) is 48.0 Å². The van der Waals surface area contributed by atoms with Crippen molar-refractivity contribution in [2.24, 2.45) is 0 Å². The Morgan fingerprint density at radius 3 is 2.75 bits per heavy atom. The summed E-state index contributed by atoms with van der Waals surface area (Å²) in [6.45, 7) is 0.653. The molecule has 2 aromatic rings. The van der Waals surface area contributed by atoms with Crippen molar-refractivity contribution in [3.8, 4) is 0 Å². The van der Waals surface area contributed by atoms with Gasteiger partial charge in [-0.2, -0.15) is 0 Å². The second-order valence-corrected chi connectivity index (χ2v) is 5.92.